The number of halogens is 1. The van der Waals surface area contributed by atoms with Crippen LogP contribution in [0, 0.1) is 23.4 Å². The van der Waals surface area contributed by atoms with Gasteiger partial charge in [-0.05, 0) is 38.1 Å². The maximum absolute atomic E-state index is 13.1. The normalized spacial score (nSPS) is 12.5. The number of imidazole rings is 1. The van der Waals surface area contributed by atoms with Gasteiger partial charge in [-0.15, -0.1) is 0 Å². The Morgan fingerprint density at radius 3 is 2.68 bits per heavy atom. The van der Waals surface area contributed by atoms with Crippen molar-refractivity contribution in [3.63, 3.8) is 0 Å². The van der Waals surface area contributed by atoms with E-state index >= 15 is 0 Å². The number of benzene rings is 1. The van der Waals surface area contributed by atoms with Crippen LogP contribution in [-0.4, -0.2) is 14.5 Å². The van der Waals surface area contributed by atoms with Crippen LogP contribution in [-0.2, 0) is 0 Å². The molecule has 1 atom stereocenters. The van der Waals surface area contributed by atoms with Gasteiger partial charge in [-0.1, -0.05) is 11.3 Å². The van der Waals surface area contributed by atoms with Crippen LogP contribution >= 0.6 is 23.1 Å². The number of aliphatic hydroxyl groups is 1. The van der Waals surface area contributed by atoms with Gasteiger partial charge in [0.15, 0.2) is 4.96 Å². The van der Waals surface area contributed by atoms with Gasteiger partial charge in [0.1, 0.15) is 21.9 Å². The molecule has 2 aromatic heterocycles. The summed E-state index contributed by atoms with van der Waals surface area (Å²) in [5.41, 5.74) is 2.28. The Kier molecular flexibility index (Phi) is 3.91. The highest BCUT2D eigenvalue weighted by Crippen LogP contribution is 2.38. The lowest BCUT2D eigenvalue weighted by molar-refractivity contribution is 0.202. The predicted molar refractivity (Wildman–Crippen MR) is 85.3 cm³/mol. The van der Waals surface area contributed by atoms with Crippen molar-refractivity contribution in [1.82, 2.24) is 9.38 Å². The maximum Gasteiger partial charge on any atom is 0.195 e. The van der Waals surface area contributed by atoms with Crippen molar-refractivity contribution < 1.29 is 9.50 Å². The van der Waals surface area contributed by atoms with Crippen LogP contribution in [0.3, 0.4) is 0 Å². The Labute approximate surface area is 134 Å². The molecule has 0 radical (unpaired) electrons. The highest BCUT2D eigenvalue weighted by Gasteiger charge is 2.21. The number of hydrogen-bond donors (Lipinski definition) is 1. The fourth-order valence-corrected chi connectivity index (χ4v) is 4.14. The maximum atomic E-state index is 13.1. The number of aryl methyl sites for hydroxylation is 1. The molecular weight excluding hydrogens is 321 g/mol. The van der Waals surface area contributed by atoms with E-state index in [0.29, 0.717) is 15.7 Å². The van der Waals surface area contributed by atoms with Gasteiger partial charge in [0.05, 0.1) is 11.0 Å². The first-order chi connectivity index (χ1) is 10.5. The molecule has 0 bridgehead atoms. The van der Waals surface area contributed by atoms with E-state index in [2.05, 4.69) is 10.4 Å². The minimum Gasteiger partial charge on any atom is -0.388 e. The number of aliphatic hydroxyl groups excluding tert-OH is 1. The number of nitrogens with zero attached hydrogens (tertiary/aromatic N) is 3. The highest BCUT2D eigenvalue weighted by atomic mass is 32.2. The average Bonchev–Trinajstić information content (AvgIpc) is 2.99. The first kappa shape index (κ1) is 15.0. The van der Waals surface area contributed by atoms with E-state index in [1.54, 1.807) is 19.1 Å². The van der Waals surface area contributed by atoms with E-state index in [1.165, 1.54) is 23.5 Å². The highest BCUT2D eigenvalue weighted by molar-refractivity contribution is 8.03. The molecular formula is C15H12FN3OS2. The van der Waals surface area contributed by atoms with Crippen LogP contribution in [0.2, 0.25) is 0 Å². The Morgan fingerprint density at radius 1 is 1.41 bits per heavy atom. The number of nitriles is 1. The molecule has 22 heavy (non-hydrogen) atoms. The minimum absolute atomic E-state index is 0.313. The summed E-state index contributed by atoms with van der Waals surface area (Å²) in [6.45, 7) is 3.60. The summed E-state index contributed by atoms with van der Waals surface area (Å²) in [5, 5.41) is 21.7. The van der Waals surface area contributed by atoms with Crippen LogP contribution in [0.1, 0.15) is 23.6 Å². The van der Waals surface area contributed by atoms with Crippen molar-refractivity contribution in [1.29, 1.82) is 5.26 Å². The Balaban J connectivity index is 2.25. The molecule has 2 heterocycles. The van der Waals surface area contributed by atoms with Crippen molar-refractivity contribution in [3.05, 3.63) is 40.7 Å². The van der Waals surface area contributed by atoms with Gasteiger partial charge in [-0.2, -0.15) is 5.26 Å². The summed E-state index contributed by atoms with van der Waals surface area (Å²) < 4.78 is 15.0. The minimum atomic E-state index is -0.582. The van der Waals surface area contributed by atoms with E-state index in [0.717, 1.165) is 27.9 Å². The Morgan fingerprint density at radius 2 is 2.09 bits per heavy atom. The zero-order chi connectivity index (χ0) is 15.9. The summed E-state index contributed by atoms with van der Waals surface area (Å²) in [5.74, 6) is -0.313. The van der Waals surface area contributed by atoms with Gasteiger partial charge in [0, 0.05) is 23.0 Å². The molecule has 1 aromatic carbocycles. The molecule has 0 aliphatic heterocycles. The molecule has 0 fully saturated rings. The second-order valence-corrected chi connectivity index (χ2v) is 6.59. The molecule has 0 saturated carbocycles. The summed E-state index contributed by atoms with van der Waals surface area (Å²) in [4.78, 5) is 6.11. The third kappa shape index (κ3) is 2.39. The van der Waals surface area contributed by atoms with Crippen molar-refractivity contribution in [3.8, 4) is 16.7 Å². The summed E-state index contributed by atoms with van der Waals surface area (Å²) in [6.07, 6.45) is -0.582. The van der Waals surface area contributed by atoms with E-state index in [4.69, 9.17) is 5.26 Å². The first-order valence-corrected chi connectivity index (χ1v) is 8.18. The molecule has 1 unspecified atom stereocenters. The van der Waals surface area contributed by atoms with Crippen LogP contribution in [0.15, 0.2) is 29.3 Å². The third-order valence-corrected chi connectivity index (χ3v) is 5.31. The van der Waals surface area contributed by atoms with Gasteiger partial charge in [0.2, 0.25) is 0 Å². The number of fused-ring (bicyclic) bond motifs is 1. The number of thiazole rings is 1. The monoisotopic (exact) mass is 333 g/mol. The third-order valence-electron chi connectivity index (χ3n) is 3.34. The van der Waals surface area contributed by atoms with Crippen LogP contribution in [0.25, 0.3) is 16.2 Å². The second kappa shape index (κ2) is 5.72. The predicted octanol–water partition coefficient (Wildman–Crippen LogP) is 4.14. The topological polar surface area (TPSA) is 61.3 Å². The number of aromatic nitrogens is 2. The molecule has 4 nitrogen and oxygen atoms in total. The fourth-order valence-electron chi connectivity index (χ4n) is 2.35. The molecule has 7 heteroatoms. The van der Waals surface area contributed by atoms with Crippen molar-refractivity contribution in [2.75, 3.05) is 0 Å². The average molecular weight is 333 g/mol. The summed E-state index contributed by atoms with van der Waals surface area (Å²) >= 11 is 2.41. The SMILES string of the molecule is Cc1c(C(C)O)sc2nc(-c3ccc(F)cc3)c(SC#N)n12. The summed E-state index contributed by atoms with van der Waals surface area (Å²) in [6, 6.07) is 6.04. The lowest BCUT2D eigenvalue weighted by Gasteiger charge is -2.04. The van der Waals surface area contributed by atoms with E-state index in [-0.39, 0.29) is 5.82 Å². The number of hydrogen-bond acceptors (Lipinski definition) is 5. The molecule has 3 aromatic rings. The molecule has 0 aliphatic carbocycles. The van der Waals surface area contributed by atoms with Gasteiger partial charge < -0.3 is 5.11 Å². The largest absolute Gasteiger partial charge is 0.388 e. The van der Waals surface area contributed by atoms with Crippen LogP contribution in [0.5, 0.6) is 0 Å². The van der Waals surface area contributed by atoms with E-state index in [9.17, 15) is 9.50 Å². The quantitative estimate of drug-likeness (QED) is 0.578. The lowest BCUT2D eigenvalue weighted by Crippen LogP contribution is -1.94. The first-order valence-electron chi connectivity index (χ1n) is 6.54. The lowest BCUT2D eigenvalue weighted by atomic mass is 10.2. The molecule has 0 aliphatic rings. The molecule has 1 N–H and O–H groups in total. The molecule has 3 rings (SSSR count). The van der Waals surface area contributed by atoms with Crippen LogP contribution < -0.4 is 0 Å². The molecule has 0 spiro atoms. The fraction of sp³-hybridized carbons (Fsp3) is 0.200. The zero-order valence-corrected chi connectivity index (χ0v) is 13.5. The van der Waals surface area contributed by atoms with E-state index in [1.807, 2.05) is 11.3 Å². The van der Waals surface area contributed by atoms with Gasteiger partial charge in [-0.3, -0.25) is 4.40 Å². The van der Waals surface area contributed by atoms with Gasteiger partial charge in [-0.25, -0.2) is 9.37 Å². The molecule has 112 valence electrons. The Hall–Kier alpha value is -1.88. The van der Waals surface area contributed by atoms with Crippen LogP contribution in [0.4, 0.5) is 4.39 Å². The van der Waals surface area contributed by atoms with Crippen molar-refractivity contribution in [2.45, 2.75) is 25.0 Å². The second-order valence-electron chi connectivity index (χ2n) is 4.81. The number of thiocyanates is 1. The standard InChI is InChI=1S/C15H12FN3OS2/c1-8-13(9(2)20)22-15-18-12(14(19(8)15)21-7-17)10-3-5-11(16)6-4-10/h3-6,9,20H,1-2H3. The van der Waals surface area contributed by atoms with Crippen molar-refractivity contribution >= 4 is 28.1 Å². The summed E-state index contributed by atoms with van der Waals surface area (Å²) in [7, 11) is 0. The molecule has 0 saturated heterocycles. The molecule has 0 amide bonds. The van der Waals surface area contributed by atoms with Crippen molar-refractivity contribution in [2.24, 2.45) is 0 Å². The smallest absolute Gasteiger partial charge is 0.195 e. The van der Waals surface area contributed by atoms with Gasteiger partial charge >= 0.3 is 0 Å². The van der Waals surface area contributed by atoms with Gasteiger partial charge in [0.25, 0.3) is 0 Å². The van der Waals surface area contributed by atoms with E-state index < -0.39 is 6.10 Å². The number of rotatable bonds is 3. The zero-order valence-electron chi connectivity index (χ0n) is 11.9. The number of thioether (sulfide) groups is 1. The Bertz CT molecular complexity index is 875.